The normalized spacial score (nSPS) is 9.90. The molecular formula is C15H15FN2OS. The van der Waals surface area contributed by atoms with Crippen molar-refractivity contribution < 1.29 is 9.13 Å². The van der Waals surface area contributed by atoms with Gasteiger partial charge in [-0.15, -0.1) is 0 Å². The zero-order chi connectivity index (χ0) is 14.4. The minimum atomic E-state index is -0.247. The van der Waals surface area contributed by atoms with Crippen LogP contribution in [0.3, 0.4) is 0 Å². The molecule has 0 atom stereocenters. The van der Waals surface area contributed by atoms with Crippen LogP contribution in [0.5, 0.6) is 5.75 Å². The molecule has 0 aromatic heterocycles. The van der Waals surface area contributed by atoms with E-state index in [4.69, 9.17) is 17.0 Å². The predicted molar refractivity (Wildman–Crippen MR) is 82.5 cm³/mol. The maximum absolute atomic E-state index is 12.8. The topological polar surface area (TPSA) is 33.3 Å². The summed E-state index contributed by atoms with van der Waals surface area (Å²) in [6, 6.07) is 13.8. The number of para-hydroxylation sites is 2. The van der Waals surface area contributed by atoms with Crippen molar-refractivity contribution in [1.29, 1.82) is 0 Å². The highest BCUT2D eigenvalue weighted by Crippen LogP contribution is 2.22. The molecule has 5 heteroatoms. The Kier molecular flexibility index (Phi) is 4.90. The third-order valence-electron chi connectivity index (χ3n) is 2.72. The molecule has 2 N–H and O–H groups in total. The van der Waals surface area contributed by atoms with E-state index in [2.05, 4.69) is 10.6 Å². The number of methoxy groups -OCH3 is 1. The van der Waals surface area contributed by atoms with Gasteiger partial charge in [0.05, 0.1) is 12.8 Å². The van der Waals surface area contributed by atoms with Crippen LogP contribution in [0.4, 0.5) is 10.1 Å². The van der Waals surface area contributed by atoms with Gasteiger partial charge in [-0.05, 0) is 42.0 Å². The molecule has 0 aliphatic heterocycles. The second kappa shape index (κ2) is 6.86. The van der Waals surface area contributed by atoms with Gasteiger partial charge in [-0.25, -0.2) is 4.39 Å². The van der Waals surface area contributed by atoms with Crippen LogP contribution in [0.25, 0.3) is 0 Å². The first-order chi connectivity index (χ1) is 9.69. The molecule has 0 radical (unpaired) electrons. The van der Waals surface area contributed by atoms with Gasteiger partial charge in [-0.1, -0.05) is 24.3 Å². The summed E-state index contributed by atoms with van der Waals surface area (Å²) in [5, 5.41) is 6.61. The second-order valence-corrected chi connectivity index (χ2v) is 4.54. The summed E-state index contributed by atoms with van der Waals surface area (Å²) < 4.78 is 18.0. The van der Waals surface area contributed by atoms with Crippen LogP contribution in [-0.2, 0) is 6.54 Å². The van der Waals surface area contributed by atoms with Gasteiger partial charge in [-0.3, -0.25) is 0 Å². The molecule has 0 bridgehead atoms. The molecule has 20 heavy (non-hydrogen) atoms. The molecule has 2 rings (SSSR count). The highest BCUT2D eigenvalue weighted by Gasteiger charge is 2.03. The Morgan fingerprint density at radius 3 is 2.55 bits per heavy atom. The maximum atomic E-state index is 12.8. The van der Waals surface area contributed by atoms with Crippen molar-refractivity contribution in [3.05, 3.63) is 59.9 Å². The molecule has 0 aliphatic carbocycles. The Balaban J connectivity index is 1.91. The summed E-state index contributed by atoms with van der Waals surface area (Å²) in [7, 11) is 1.61. The lowest BCUT2D eigenvalue weighted by Gasteiger charge is -2.13. The molecule has 0 saturated heterocycles. The molecule has 2 aromatic rings. The Morgan fingerprint density at radius 1 is 1.15 bits per heavy atom. The van der Waals surface area contributed by atoms with Gasteiger partial charge in [0, 0.05) is 6.54 Å². The third kappa shape index (κ3) is 3.93. The van der Waals surface area contributed by atoms with E-state index in [1.807, 2.05) is 24.3 Å². The summed E-state index contributed by atoms with van der Waals surface area (Å²) in [6.07, 6.45) is 0. The highest BCUT2D eigenvalue weighted by molar-refractivity contribution is 7.80. The van der Waals surface area contributed by atoms with E-state index in [1.54, 1.807) is 19.2 Å². The summed E-state index contributed by atoms with van der Waals surface area (Å²) >= 11 is 5.22. The Morgan fingerprint density at radius 2 is 1.85 bits per heavy atom. The van der Waals surface area contributed by atoms with Crippen molar-refractivity contribution >= 4 is 23.0 Å². The van der Waals surface area contributed by atoms with Gasteiger partial charge in [-0.2, -0.15) is 0 Å². The first-order valence-corrected chi connectivity index (χ1v) is 6.52. The van der Waals surface area contributed by atoms with Crippen molar-refractivity contribution in [2.45, 2.75) is 6.54 Å². The number of thiocarbonyl (C=S) groups is 1. The zero-order valence-electron chi connectivity index (χ0n) is 11.0. The SMILES string of the molecule is COc1ccccc1NC(=S)NCc1ccc(F)cc1. The van der Waals surface area contributed by atoms with Gasteiger partial charge in [0.15, 0.2) is 5.11 Å². The van der Waals surface area contributed by atoms with Crippen LogP contribution in [0.2, 0.25) is 0 Å². The monoisotopic (exact) mass is 290 g/mol. The summed E-state index contributed by atoms with van der Waals surface area (Å²) in [5.74, 6) is 0.474. The molecule has 0 aliphatic rings. The van der Waals surface area contributed by atoms with Crippen molar-refractivity contribution in [2.75, 3.05) is 12.4 Å². The number of anilines is 1. The van der Waals surface area contributed by atoms with Crippen LogP contribution in [-0.4, -0.2) is 12.2 Å². The number of hydrogen-bond donors (Lipinski definition) is 2. The van der Waals surface area contributed by atoms with Gasteiger partial charge < -0.3 is 15.4 Å². The lowest BCUT2D eigenvalue weighted by Crippen LogP contribution is -2.28. The fraction of sp³-hybridized carbons (Fsp3) is 0.133. The van der Waals surface area contributed by atoms with Crippen molar-refractivity contribution in [1.82, 2.24) is 5.32 Å². The minimum Gasteiger partial charge on any atom is -0.495 e. The molecule has 2 aromatic carbocycles. The molecule has 0 amide bonds. The fourth-order valence-electron chi connectivity index (χ4n) is 1.70. The van der Waals surface area contributed by atoms with Crippen LogP contribution in [0, 0.1) is 5.82 Å². The smallest absolute Gasteiger partial charge is 0.171 e. The fourth-order valence-corrected chi connectivity index (χ4v) is 1.88. The van der Waals surface area contributed by atoms with Crippen LogP contribution in [0.15, 0.2) is 48.5 Å². The molecule has 0 heterocycles. The number of ether oxygens (including phenoxy) is 1. The van der Waals surface area contributed by atoms with E-state index in [9.17, 15) is 4.39 Å². The maximum Gasteiger partial charge on any atom is 0.171 e. The molecular weight excluding hydrogens is 275 g/mol. The Bertz CT molecular complexity index is 587. The summed E-state index contributed by atoms with van der Waals surface area (Å²) in [5.41, 5.74) is 1.75. The molecule has 104 valence electrons. The first-order valence-electron chi connectivity index (χ1n) is 6.11. The largest absolute Gasteiger partial charge is 0.495 e. The lowest BCUT2D eigenvalue weighted by molar-refractivity contribution is 0.417. The van der Waals surface area contributed by atoms with Gasteiger partial charge in [0.1, 0.15) is 11.6 Å². The molecule has 0 unspecified atom stereocenters. The summed E-state index contributed by atoms with van der Waals surface area (Å²) in [4.78, 5) is 0. The molecule has 3 nitrogen and oxygen atoms in total. The van der Waals surface area contributed by atoms with E-state index in [0.29, 0.717) is 11.7 Å². The van der Waals surface area contributed by atoms with E-state index >= 15 is 0 Å². The highest BCUT2D eigenvalue weighted by atomic mass is 32.1. The van der Waals surface area contributed by atoms with Crippen LogP contribution in [0.1, 0.15) is 5.56 Å². The molecule has 0 saturated carbocycles. The first kappa shape index (κ1) is 14.3. The average molecular weight is 290 g/mol. The number of halogens is 1. The van der Waals surface area contributed by atoms with E-state index in [-0.39, 0.29) is 5.82 Å². The van der Waals surface area contributed by atoms with Crippen LogP contribution >= 0.6 is 12.2 Å². The molecule has 0 spiro atoms. The summed E-state index contributed by atoms with van der Waals surface area (Å²) in [6.45, 7) is 0.529. The van der Waals surface area contributed by atoms with Crippen molar-refractivity contribution in [3.8, 4) is 5.75 Å². The van der Waals surface area contributed by atoms with E-state index in [1.165, 1.54) is 12.1 Å². The number of benzene rings is 2. The van der Waals surface area contributed by atoms with Crippen molar-refractivity contribution in [2.24, 2.45) is 0 Å². The number of hydrogen-bond acceptors (Lipinski definition) is 2. The Labute approximate surface area is 122 Å². The predicted octanol–water partition coefficient (Wildman–Crippen LogP) is 3.32. The van der Waals surface area contributed by atoms with Crippen molar-refractivity contribution in [3.63, 3.8) is 0 Å². The standard InChI is InChI=1S/C15H15FN2OS/c1-19-14-5-3-2-4-13(14)18-15(20)17-10-11-6-8-12(16)9-7-11/h2-9H,10H2,1H3,(H2,17,18,20). The number of rotatable bonds is 4. The minimum absolute atomic E-state index is 0.247. The Hall–Kier alpha value is -2.14. The zero-order valence-corrected chi connectivity index (χ0v) is 11.8. The van der Waals surface area contributed by atoms with E-state index in [0.717, 1.165) is 17.0 Å². The average Bonchev–Trinajstić information content (AvgIpc) is 2.47. The lowest BCUT2D eigenvalue weighted by atomic mass is 10.2. The second-order valence-electron chi connectivity index (χ2n) is 4.13. The van der Waals surface area contributed by atoms with Gasteiger partial charge in [0.25, 0.3) is 0 Å². The van der Waals surface area contributed by atoms with E-state index < -0.39 is 0 Å². The van der Waals surface area contributed by atoms with Gasteiger partial charge >= 0.3 is 0 Å². The molecule has 0 fully saturated rings. The third-order valence-corrected chi connectivity index (χ3v) is 2.97. The quantitative estimate of drug-likeness (QED) is 0.846. The van der Waals surface area contributed by atoms with Crippen LogP contribution < -0.4 is 15.4 Å². The number of nitrogens with one attached hydrogen (secondary N) is 2. The van der Waals surface area contributed by atoms with Gasteiger partial charge in [0.2, 0.25) is 0 Å².